The molecule has 3 aromatic rings. The number of aldehydes is 1. The normalized spacial score (nSPS) is 10.6. The summed E-state index contributed by atoms with van der Waals surface area (Å²) in [7, 11) is 6.19. The zero-order valence-corrected chi connectivity index (χ0v) is 14.5. The summed E-state index contributed by atoms with van der Waals surface area (Å²) >= 11 is 0. The molecule has 1 aromatic heterocycles. The average Bonchev–Trinajstić information content (AvgIpc) is 3.08. The Hall–Kier alpha value is -3.15. The van der Waals surface area contributed by atoms with Crippen LogP contribution in [0.1, 0.15) is 10.4 Å². The molecule has 0 saturated heterocycles. The van der Waals surface area contributed by atoms with Crippen molar-refractivity contribution >= 4 is 17.2 Å². The Kier molecular flexibility index (Phi) is 4.52. The lowest BCUT2D eigenvalue weighted by atomic mass is 10.0. The molecule has 130 valence electrons. The number of nitrogens with one attached hydrogen (secondary N) is 1. The quantitative estimate of drug-likeness (QED) is 0.693. The zero-order valence-electron chi connectivity index (χ0n) is 14.5. The Balaban J connectivity index is 2.30. The van der Waals surface area contributed by atoms with E-state index in [1.807, 2.05) is 24.3 Å². The molecule has 3 rings (SSSR count). The number of aromatic amines is 1. The summed E-state index contributed by atoms with van der Waals surface area (Å²) in [6.45, 7) is 0. The van der Waals surface area contributed by atoms with Crippen LogP contribution >= 0.6 is 0 Å². The van der Waals surface area contributed by atoms with Gasteiger partial charge in [0.05, 0.1) is 39.7 Å². The molecule has 0 aliphatic rings. The van der Waals surface area contributed by atoms with Gasteiger partial charge in [0.25, 0.3) is 0 Å². The summed E-state index contributed by atoms with van der Waals surface area (Å²) in [5.74, 6) is 2.06. The molecule has 1 N–H and O–H groups in total. The van der Waals surface area contributed by atoms with Gasteiger partial charge in [-0.15, -0.1) is 0 Å². The molecule has 0 spiro atoms. The van der Waals surface area contributed by atoms with E-state index in [1.54, 1.807) is 13.2 Å². The second kappa shape index (κ2) is 6.76. The SMILES string of the molecule is COc1ccc2[nH]c(-c3c(C=O)cc(OC)c(OC)c3OC)cc2c1. The number of H-pyrrole nitrogens is 1. The Morgan fingerprint density at radius 1 is 0.880 bits per heavy atom. The van der Waals surface area contributed by atoms with Gasteiger partial charge in [-0.25, -0.2) is 0 Å². The fraction of sp³-hybridized carbons (Fsp3) is 0.211. The van der Waals surface area contributed by atoms with Crippen LogP contribution in [0.15, 0.2) is 30.3 Å². The van der Waals surface area contributed by atoms with Gasteiger partial charge in [0.1, 0.15) is 5.75 Å². The molecule has 0 fully saturated rings. The highest BCUT2D eigenvalue weighted by molar-refractivity contribution is 5.96. The van der Waals surface area contributed by atoms with E-state index in [4.69, 9.17) is 18.9 Å². The van der Waals surface area contributed by atoms with Crippen molar-refractivity contribution in [3.05, 3.63) is 35.9 Å². The molecule has 0 aliphatic heterocycles. The lowest BCUT2D eigenvalue weighted by molar-refractivity contribution is 0.112. The highest BCUT2D eigenvalue weighted by Crippen LogP contribution is 2.46. The molecule has 6 heteroatoms. The van der Waals surface area contributed by atoms with Crippen LogP contribution in [-0.4, -0.2) is 39.7 Å². The van der Waals surface area contributed by atoms with Crippen LogP contribution in [0.2, 0.25) is 0 Å². The first-order valence-corrected chi connectivity index (χ1v) is 7.62. The van der Waals surface area contributed by atoms with E-state index in [9.17, 15) is 4.79 Å². The van der Waals surface area contributed by atoms with Gasteiger partial charge in [-0.1, -0.05) is 0 Å². The third kappa shape index (κ3) is 2.76. The molecule has 0 atom stereocenters. The van der Waals surface area contributed by atoms with Gasteiger partial charge in [-0.05, 0) is 30.3 Å². The Labute approximate surface area is 145 Å². The second-order valence-electron chi connectivity index (χ2n) is 5.36. The first-order chi connectivity index (χ1) is 12.2. The molecule has 0 amide bonds. The molecule has 2 aromatic carbocycles. The highest BCUT2D eigenvalue weighted by Gasteiger charge is 2.22. The van der Waals surface area contributed by atoms with E-state index < -0.39 is 0 Å². The van der Waals surface area contributed by atoms with Crippen LogP contribution in [0.3, 0.4) is 0 Å². The number of rotatable bonds is 6. The van der Waals surface area contributed by atoms with Gasteiger partial charge >= 0.3 is 0 Å². The van der Waals surface area contributed by atoms with Crippen molar-refractivity contribution in [2.45, 2.75) is 0 Å². The number of carbonyl (C=O) groups excluding carboxylic acids is 1. The number of ether oxygens (including phenoxy) is 4. The Morgan fingerprint density at radius 2 is 1.64 bits per heavy atom. The van der Waals surface area contributed by atoms with E-state index in [2.05, 4.69) is 4.98 Å². The third-order valence-corrected chi connectivity index (χ3v) is 4.08. The van der Waals surface area contributed by atoms with Gasteiger partial charge in [0.15, 0.2) is 17.8 Å². The van der Waals surface area contributed by atoms with Crippen LogP contribution in [0.25, 0.3) is 22.2 Å². The van der Waals surface area contributed by atoms with E-state index in [-0.39, 0.29) is 0 Å². The van der Waals surface area contributed by atoms with Crippen LogP contribution < -0.4 is 18.9 Å². The van der Waals surface area contributed by atoms with Crippen molar-refractivity contribution in [3.63, 3.8) is 0 Å². The van der Waals surface area contributed by atoms with E-state index in [0.717, 1.165) is 28.6 Å². The number of benzene rings is 2. The Morgan fingerprint density at radius 3 is 2.24 bits per heavy atom. The van der Waals surface area contributed by atoms with Crippen molar-refractivity contribution in [1.82, 2.24) is 4.98 Å². The summed E-state index contributed by atoms with van der Waals surface area (Å²) in [6.07, 6.45) is 0.770. The summed E-state index contributed by atoms with van der Waals surface area (Å²) in [5.41, 5.74) is 2.71. The van der Waals surface area contributed by atoms with Crippen LogP contribution in [0.4, 0.5) is 0 Å². The molecule has 0 aliphatic carbocycles. The molecule has 25 heavy (non-hydrogen) atoms. The fourth-order valence-corrected chi connectivity index (χ4v) is 2.92. The maximum Gasteiger partial charge on any atom is 0.204 e. The first-order valence-electron chi connectivity index (χ1n) is 7.62. The van der Waals surface area contributed by atoms with Crippen LogP contribution in [-0.2, 0) is 0 Å². The lowest BCUT2D eigenvalue weighted by Gasteiger charge is -2.17. The zero-order chi connectivity index (χ0) is 18.0. The molecule has 0 bridgehead atoms. The van der Waals surface area contributed by atoms with Crippen molar-refractivity contribution in [1.29, 1.82) is 0 Å². The van der Waals surface area contributed by atoms with Crippen molar-refractivity contribution in [3.8, 4) is 34.3 Å². The molecule has 0 radical (unpaired) electrons. The van der Waals surface area contributed by atoms with E-state index in [1.165, 1.54) is 21.3 Å². The molecule has 0 saturated carbocycles. The summed E-state index contributed by atoms with van der Waals surface area (Å²) in [4.78, 5) is 15.0. The summed E-state index contributed by atoms with van der Waals surface area (Å²) in [6, 6.07) is 9.29. The highest BCUT2D eigenvalue weighted by atomic mass is 16.5. The van der Waals surface area contributed by atoms with Gasteiger partial charge in [-0.2, -0.15) is 0 Å². The molecular formula is C19H19NO5. The minimum atomic E-state index is 0.432. The minimum absolute atomic E-state index is 0.432. The number of fused-ring (bicyclic) bond motifs is 1. The maximum absolute atomic E-state index is 11.7. The third-order valence-electron chi connectivity index (χ3n) is 4.08. The van der Waals surface area contributed by atoms with E-state index in [0.29, 0.717) is 28.4 Å². The monoisotopic (exact) mass is 341 g/mol. The lowest BCUT2D eigenvalue weighted by Crippen LogP contribution is -2.00. The maximum atomic E-state index is 11.7. The van der Waals surface area contributed by atoms with Crippen molar-refractivity contribution in [2.24, 2.45) is 0 Å². The van der Waals surface area contributed by atoms with Gasteiger partial charge in [0.2, 0.25) is 5.75 Å². The number of aromatic nitrogens is 1. The predicted molar refractivity (Wildman–Crippen MR) is 95.3 cm³/mol. The summed E-state index contributed by atoms with van der Waals surface area (Å²) in [5, 5.41) is 0.961. The molecule has 1 heterocycles. The molecule has 0 unspecified atom stereocenters. The fourth-order valence-electron chi connectivity index (χ4n) is 2.92. The number of carbonyl (C=O) groups is 1. The van der Waals surface area contributed by atoms with Crippen molar-refractivity contribution < 1.29 is 23.7 Å². The summed E-state index contributed by atoms with van der Waals surface area (Å²) < 4.78 is 21.5. The standard InChI is InChI=1S/C19H19NO5/c1-22-13-5-6-14-11(7-13)8-15(20-14)17-12(10-21)9-16(23-2)18(24-3)19(17)25-4/h5-10,20H,1-4H3. The predicted octanol–water partition coefficient (Wildman–Crippen LogP) is 3.68. The average molecular weight is 341 g/mol. The molecular weight excluding hydrogens is 322 g/mol. The van der Waals surface area contributed by atoms with Crippen molar-refractivity contribution in [2.75, 3.05) is 28.4 Å². The number of hydrogen-bond donors (Lipinski definition) is 1. The first kappa shape index (κ1) is 16.7. The Bertz CT molecular complexity index is 929. The minimum Gasteiger partial charge on any atom is -0.497 e. The van der Waals surface area contributed by atoms with E-state index >= 15 is 0 Å². The second-order valence-corrected chi connectivity index (χ2v) is 5.36. The smallest absolute Gasteiger partial charge is 0.204 e. The van der Waals surface area contributed by atoms with Gasteiger partial charge in [0, 0.05) is 16.5 Å². The largest absolute Gasteiger partial charge is 0.497 e. The van der Waals surface area contributed by atoms with Gasteiger partial charge < -0.3 is 23.9 Å². The van der Waals surface area contributed by atoms with Crippen LogP contribution in [0.5, 0.6) is 23.0 Å². The topological polar surface area (TPSA) is 69.8 Å². The molecule has 6 nitrogen and oxygen atoms in total. The van der Waals surface area contributed by atoms with Crippen LogP contribution in [0, 0.1) is 0 Å². The number of methoxy groups -OCH3 is 4. The number of hydrogen-bond acceptors (Lipinski definition) is 5. The van der Waals surface area contributed by atoms with Gasteiger partial charge in [-0.3, -0.25) is 4.79 Å².